The molecule has 6 N–H and O–H groups in total. The lowest BCUT2D eigenvalue weighted by molar-refractivity contribution is -0.170. The van der Waals surface area contributed by atoms with Crippen LogP contribution in [0, 0.1) is 0 Å². The minimum Gasteiger partial charge on any atom is -0.479 e. The number of rotatable bonds is 3. The van der Waals surface area contributed by atoms with Gasteiger partial charge in [0.1, 0.15) is 0 Å². The Morgan fingerprint density at radius 3 is 1.93 bits per heavy atom. The third-order valence-electron chi connectivity index (χ3n) is 0.910. The molecule has 8 nitrogen and oxygen atoms in total. The number of carboxylic acids is 1. The summed E-state index contributed by atoms with van der Waals surface area (Å²) in [5.74, 6) is 1.16. The van der Waals surface area contributed by atoms with Gasteiger partial charge in [-0.2, -0.15) is 5.90 Å². The van der Waals surface area contributed by atoms with E-state index in [1.165, 1.54) is 0 Å². The lowest BCUT2D eigenvalue weighted by atomic mass is 10.2. The van der Waals surface area contributed by atoms with Crippen molar-refractivity contribution in [1.82, 2.24) is 0 Å². The molecule has 0 saturated carbocycles. The molecule has 0 amide bonds. The minimum absolute atomic E-state index is 0.250. The lowest BCUT2D eigenvalue weighted by Crippen LogP contribution is -2.41. The zero-order valence-electron chi connectivity index (χ0n) is 7.45. The molecule has 0 rings (SSSR count). The highest BCUT2D eigenvalue weighted by Gasteiger charge is 2.30. The summed E-state index contributed by atoms with van der Waals surface area (Å²) in [6, 6.07) is 0. The van der Waals surface area contributed by atoms with Crippen molar-refractivity contribution in [2.24, 2.45) is 5.90 Å². The maximum absolute atomic E-state index is 10.2. The second-order valence-electron chi connectivity index (χ2n) is 1.98. The number of hydrogen-bond acceptors (Lipinski definition) is 7. The fourth-order valence-electron chi connectivity index (χ4n) is 0.334. The highest BCUT2D eigenvalue weighted by Crippen LogP contribution is 1.94. The molecule has 0 aromatic rings. The molecule has 0 aliphatic heterocycles. The molecule has 0 aromatic heterocycles. The summed E-state index contributed by atoms with van der Waals surface area (Å²) in [5.41, 5.74) is 0. The van der Waals surface area contributed by atoms with Crippen molar-refractivity contribution in [1.29, 1.82) is 0 Å². The Labute approximate surface area is 79.5 Å². The van der Waals surface area contributed by atoms with Crippen molar-refractivity contribution < 1.29 is 34.9 Å². The van der Waals surface area contributed by atoms with Gasteiger partial charge in [0, 0.05) is 6.61 Å². The average Bonchev–Trinajstić information content (AvgIpc) is 2.15. The molecule has 2 atom stereocenters. The highest BCUT2D eigenvalue weighted by atomic mass is 16.7. The van der Waals surface area contributed by atoms with Gasteiger partial charge in [0.25, 0.3) is 0 Å². The van der Waals surface area contributed by atoms with Crippen LogP contribution in [0.3, 0.4) is 0 Å². The fraction of sp³-hybridized carbons (Fsp3) is 0.667. The molecule has 0 aliphatic carbocycles. The number of hydrogen-bond donors (Lipinski definition) is 5. The van der Waals surface area contributed by atoms with E-state index in [0.29, 0.717) is 0 Å². The second kappa shape index (κ2) is 8.38. The molecular weight excluding hydrogens is 198 g/mol. The molecule has 0 aliphatic rings. The summed E-state index contributed by atoms with van der Waals surface area (Å²) in [6.45, 7) is 1.93. The zero-order chi connectivity index (χ0) is 11.7. The predicted octanol–water partition coefficient (Wildman–Crippen LogP) is -2.79. The summed E-state index contributed by atoms with van der Waals surface area (Å²) in [5, 5.41) is 32.7. The van der Waals surface area contributed by atoms with Crippen molar-refractivity contribution >= 4 is 11.9 Å². The average molecular weight is 211 g/mol. The Morgan fingerprint density at radius 1 is 1.36 bits per heavy atom. The number of nitrogens with two attached hydrogens (primary N) is 1. The Bertz CT molecular complexity index is 183. The Hall–Kier alpha value is -1.22. The van der Waals surface area contributed by atoms with Gasteiger partial charge in [-0.25, -0.2) is 9.59 Å². The van der Waals surface area contributed by atoms with Crippen LogP contribution in [0.2, 0.25) is 0 Å². The molecular formula is C6H13NO7. The Morgan fingerprint density at radius 2 is 1.71 bits per heavy atom. The SMILES string of the molecule is CCO.NOC(=O)C(O)C(O)C(=O)O. The minimum atomic E-state index is -2.22. The molecule has 0 radical (unpaired) electrons. The number of aliphatic carboxylic acids is 1. The lowest BCUT2D eigenvalue weighted by Gasteiger charge is -2.09. The molecule has 14 heavy (non-hydrogen) atoms. The Balaban J connectivity index is 0. The molecule has 0 fully saturated rings. The van der Waals surface area contributed by atoms with E-state index in [2.05, 4.69) is 10.7 Å². The maximum atomic E-state index is 10.2. The van der Waals surface area contributed by atoms with E-state index in [4.69, 9.17) is 20.4 Å². The van der Waals surface area contributed by atoms with E-state index in [9.17, 15) is 9.59 Å². The quantitative estimate of drug-likeness (QED) is 0.314. The van der Waals surface area contributed by atoms with Gasteiger partial charge in [-0.1, -0.05) is 0 Å². The van der Waals surface area contributed by atoms with E-state index < -0.39 is 24.1 Å². The number of aliphatic hydroxyl groups is 3. The van der Waals surface area contributed by atoms with Crippen molar-refractivity contribution in [2.75, 3.05) is 6.61 Å². The molecule has 0 bridgehead atoms. The van der Waals surface area contributed by atoms with E-state index >= 15 is 0 Å². The topological polar surface area (TPSA) is 150 Å². The normalized spacial score (nSPS) is 13.2. The summed E-state index contributed by atoms with van der Waals surface area (Å²) in [4.78, 5) is 23.6. The van der Waals surface area contributed by atoms with Crippen LogP contribution in [0.15, 0.2) is 0 Å². The summed E-state index contributed by atoms with van der Waals surface area (Å²) >= 11 is 0. The first kappa shape index (κ1) is 15.3. The summed E-state index contributed by atoms with van der Waals surface area (Å²) in [6.07, 6.45) is -4.37. The van der Waals surface area contributed by atoms with Crippen LogP contribution < -0.4 is 5.90 Å². The zero-order valence-corrected chi connectivity index (χ0v) is 7.45. The number of aliphatic hydroxyl groups excluding tert-OH is 3. The smallest absolute Gasteiger partial charge is 0.356 e. The molecule has 0 saturated heterocycles. The second-order valence-corrected chi connectivity index (χ2v) is 1.98. The molecule has 0 aromatic carbocycles. The van der Waals surface area contributed by atoms with Crippen LogP contribution in [0.1, 0.15) is 6.92 Å². The standard InChI is InChI=1S/C4H7NO6.C2H6O/c5-11-4(10)2(7)1(6)3(8)9;1-2-3/h1-2,6-7H,5H2,(H,8,9);3H,2H2,1H3. The first-order chi connectivity index (χ1) is 6.42. The Kier molecular flexibility index (Phi) is 9.14. The fourth-order valence-corrected chi connectivity index (χ4v) is 0.334. The van der Waals surface area contributed by atoms with Gasteiger partial charge in [-0.15, -0.1) is 0 Å². The maximum Gasteiger partial charge on any atom is 0.356 e. The van der Waals surface area contributed by atoms with E-state index in [1.54, 1.807) is 6.92 Å². The van der Waals surface area contributed by atoms with Crippen molar-refractivity contribution in [3.05, 3.63) is 0 Å². The van der Waals surface area contributed by atoms with Crippen LogP contribution in [-0.4, -0.2) is 51.2 Å². The summed E-state index contributed by atoms with van der Waals surface area (Å²) in [7, 11) is 0. The molecule has 84 valence electrons. The monoisotopic (exact) mass is 211 g/mol. The molecule has 0 spiro atoms. The largest absolute Gasteiger partial charge is 0.479 e. The van der Waals surface area contributed by atoms with Crippen LogP contribution in [-0.2, 0) is 14.4 Å². The van der Waals surface area contributed by atoms with E-state index in [-0.39, 0.29) is 6.61 Å². The van der Waals surface area contributed by atoms with E-state index in [1.807, 2.05) is 0 Å². The van der Waals surface area contributed by atoms with Gasteiger partial charge in [0.15, 0.2) is 12.2 Å². The third kappa shape index (κ3) is 6.31. The predicted molar refractivity (Wildman–Crippen MR) is 42.7 cm³/mol. The van der Waals surface area contributed by atoms with Crippen LogP contribution in [0.4, 0.5) is 0 Å². The molecule has 0 heterocycles. The number of carbonyl (C=O) groups is 2. The number of carboxylic acid groups (broad SMARTS) is 1. The van der Waals surface area contributed by atoms with Gasteiger partial charge in [-0.3, -0.25) is 0 Å². The first-order valence-electron chi connectivity index (χ1n) is 3.52. The van der Waals surface area contributed by atoms with Gasteiger partial charge in [-0.05, 0) is 6.92 Å². The van der Waals surface area contributed by atoms with Crippen LogP contribution in [0.25, 0.3) is 0 Å². The third-order valence-corrected chi connectivity index (χ3v) is 0.910. The van der Waals surface area contributed by atoms with Gasteiger partial charge in [0.2, 0.25) is 0 Å². The molecule has 8 heteroatoms. The highest BCUT2D eigenvalue weighted by molar-refractivity contribution is 5.83. The van der Waals surface area contributed by atoms with Crippen molar-refractivity contribution in [2.45, 2.75) is 19.1 Å². The number of carbonyl (C=O) groups excluding carboxylic acids is 1. The first-order valence-corrected chi connectivity index (χ1v) is 3.52. The van der Waals surface area contributed by atoms with Gasteiger partial charge < -0.3 is 25.3 Å². The van der Waals surface area contributed by atoms with Crippen LogP contribution >= 0.6 is 0 Å². The molecule has 2 unspecified atom stereocenters. The van der Waals surface area contributed by atoms with E-state index in [0.717, 1.165) is 0 Å². The summed E-state index contributed by atoms with van der Waals surface area (Å²) < 4.78 is 0. The van der Waals surface area contributed by atoms with Crippen molar-refractivity contribution in [3.63, 3.8) is 0 Å². The van der Waals surface area contributed by atoms with Gasteiger partial charge >= 0.3 is 11.9 Å². The van der Waals surface area contributed by atoms with Gasteiger partial charge in [0.05, 0.1) is 0 Å². The van der Waals surface area contributed by atoms with Crippen molar-refractivity contribution in [3.8, 4) is 0 Å². The van der Waals surface area contributed by atoms with Crippen LogP contribution in [0.5, 0.6) is 0 Å².